The van der Waals surface area contributed by atoms with Crippen LogP contribution in [0.25, 0.3) is 0 Å². The average molecular weight is 201 g/mol. The summed E-state index contributed by atoms with van der Waals surface area (Å²) in [5.74, 6) is 0.0873. The van der Waals surface area contributed by atoms with Crippen molar-refractivity contribution in [3.8, 4) is 0 Å². The van der Waals surface area contributed by atoms with E-state index in [-0.39, 0.29) is 18.1 Å². The van der Waals surface area contributed by atoms with Gasteiger partial charge in [-0.2, -0.15) is 0 Å². The van der Waals surface area contributed by atoms with Crippen LogP contribution in [-0.2, 0) is 9.53 Å². The lowest BCUT2D eigenvalue weighted by Gasteiger charge is -2.24. The van der Waals surface area contributed by atoms with Crippen LogP contribution < -0.4 is 0 Å². The quantitative estimate of drug-likeness (QED) is 0.681. The van der Waals surface area contributed by atoms with Crippen molar-refractivity contribution in [3.05, 3.63) is 0 Å². The molecule has 0 fully saturated rings. The molecule has 14 heavy (non-hydrogen) atoms. The van der Waals surface area contributed by atoms with E-state index in [1.165, 1.54) is 0 Å². The van der Waals surface area contributed by atoms with Crippen molar-refractivity contribution >= 4 is 5.91 Å². The van der Waals surface area contributed by atoms with Crippen LogP contribution in [0.5, 0.6) is 0 Å². The molecular formula is C11H23NO2. The van der Waals surface area contributed by atoms with Gasteiger partial charge in [0.05, 0.1) is 5.60 Å². The summed E-state index contributed by atoms with van der Waals surface area (Å²) in [6.45, 7) is 11.7. The molecule has 0 radical (unpaired) electrons. The molecule has 0 atom stereocenters. The first kappa shape index (κ1) is 13.4. The van der Waals surface area contributed by atoms with E-state index in [1.54, 1.807) is 0 Å². The number of hydrogen-bond acceptors (Lipinski definition) is 2. The Kier molecular flexibility index (Phi) is 5.77. The fraction of sp³-hybridized carbons (Fsp3) is 0.909. The van der Waals surface area contributed by atoms with Gasteiger partial charge in [0.1, 0.15) is 6.61 Å². The standard InChI is InChI=1S/C11H23NO2/c1-6-8-12(7-2)10(13)9-14-11(3,4)5/h6-9H2,1-5H3. The molecule has 3 heteroatoms. The molecule has 0 aliphatic carbocycles. The summed E-state index contributed by atoms with van der Waals surface area (Å²) < 4.78 is 5.43. The molecule has 3 nitrogen and oxygen atoms in total. The third-order valence-corrected chi connectivity index (χ3v) is 1.86. The SMILES string of the molecule is CCCN(CC)C(=O)COC(C)(C)C. The zero-order valence-electron chi connectivity index (χ0n) is 10.1. The monoisotopic (exact) mass is 201 g/mol. The van der Waals surface area contributed by atoms with E-state index in [0.717, 1.165) is 19.5 Å². The summed E-state index contributed by atoms with van der Waals surface area (Å²) in [5.41, 5.74) is -0.235. The lowest BCUT2D eigenvalue weighted by atomic mass is 10.2. The lowest BCUT2D eigenvalue weighted by Crippen LogP contribution is -2.36. The maximum Gasteiger partial charge on any atom is 0.248 e. The third-order valence-electron chi connectivity index (χ3n) is 1.86. The van der Waals surface area contributed by atoms with Gasteiger partial charge in [0.2, 0.25) is 5.91 Å². The number of likely N-dealkylation sites (N-methyl/N-ethyl adjacent to an activating group) is 1. The normalized spacial score (nSPS) is 11.5. The first-order valence-electron chi connectivity index (χ1n) is 5.32. The van der Waals surface area contributed by atoms with Crippen molar-refractivity contribution in [1.82, 2.24) is 4.90 Å². The highest BCUT2D eigenvalue weighted by atomic mass is 16.5. The highest BCUT2D eigenvalue weighted by molar-refractivity contribution is 5.77. The Labute approximate surface area is 87.4 Å². The Morgan fingerprint density at radius 3 is 2.21 bits per heavy atom. The summed E-state index contributed by atoms with van der Waals surface area (Å²) in [6, 6.07) is 0. The van der Waals surface area contributed by atoms with E-state index in [9.17, 15) is 4.79 Å². The van der Waals surface area contributed by atoms with Crippen LogP contribution in [0.4, 0.5) is 0 Å². The van der Waals surface area contributed by atoms with E-state index in [1.807, 2.05) is 32.6 Å². The van der Waals surface area contributed by atoms with Crippen LogP contribution in [0.15, 0.2) is 0 Å². The van der Waals surface area contributed by atoms with Gasteiger partial charge in [-0.15, -0.1) is 0 Å². The van der Waals surface area contributed by atoms with Crippen LogP contribution in [0, 0.1) is 0 Å². The van der Waals surface area contributed by atoms with Crippen LogP contribution in [0.2, 0.25) is 0 Å². The van der Waals surface area contributed by atoms with E-state index in [2.05, 4.69) is 6.92 Å². The predicted molar refractivity (Wildman–Crippen MR) is 58.3 cm³/mol. The van der Waals surface area contributed by atoms with Crippen LogP contribution in [0.1, 0.15) is 41.0 Å². The maximum atomic E-state index is 11.6. The summed E-state index contributed by atoms with van der Waals surface area (Å²) in [4.78, 5) is 13.4. The van der Waals surface area contributed by atoms with Crippen molar-refractivity contribution in [1.29, 1.82) is 0 Å². The second-order valence-corrected chi connectivity index (χ2v) is 4.37. The van der Waals surface area contributed by atoms with Gasteiger partial charge in [-0.05, 0) is 34.1 Å². The van der Waals surface area contributed by atoms with E-state index in [4.69, 9.17) is 4.74 Å². The number of carbonyl (C=O) groups is 1. The number of nitrogens with zero attached hydrogens (tertiary/aromatic N) is 1. The second-order valence-electron chi connectivity index (χ2n) is 4.37. The number of amides is 1. The summed E-state index contributed by atoms with van der Waals surface area (Å²) in [6.07, 6.45) is 0.995. The molecule has 0 N–H and O–H groups in total. The highest BCUT2D eigenvalue weighted by Gasteiger charge is 2.16. The van der Waals surface area contributed by atoms with Crippen molar-refractivity contribution in [3.63, 3.8) is 0 Å². The summed E-state index contributed by atoms with van der Waals surface area (Å²) in [7, 11) is 0. The van der Waals surface area contributed by atoms with E-state index in [0.29, 0.717) is 0 Å². The number of rotatable bonds is 5. The van der Waals surface area contributed by atoms with Gasteiger partial charge >= 0.3 is 0 Å². The lowest BCUT2D eigenvalue weighted by molar-refractivity contribution is -0.140. The van der Waals surface area contributed by atoms with Crippen molar-refractivity contribution in [2.75, 3.05) is 19.7 Å². The van der Waals surface area contributed by atoms with Gasteiger partial charge in [-0.3, -0.25) is 4.79 Å². The number of carbonyl (C=O) groups excluding carboxylic acids is 1. The Bertz CT molecular complexity index is 173. The van der Waals surface area contributed by atoms with Gasteiger partial charge in [0.25, 0.3) is 0 Å². The molecule has 1 amide bonds. The topological polar surface area (TPSA) is 29.5 Å². The van der Waals surface area contributed by atoms with Crippen LogP contribution >= 0.6 is 0 Å². The molecule has 0 unspecified atom stereocenters. The molecular weight excluding hydrogens is 178 g/mol. The maximum absolute atomic E-state index is 11.6. The minimum absolute atomic E-state index is 0.0873. The van der Waals surface area contributed by atoms with Gasteiger partial charge < -0.3 is 9.64 Å². The molecule has 0 heterocycles. The molecule has 0 aromatic carbocycles. The number of ether oxygens (including phenoxy) is 1. The van der Waals surface area contributed by atoms with Crippen molar-refractivity contribution in [2.45, 2.75) is 46.6 Å². The van der Waals surface area contributed by atoms with Gasteiger partial charge in [-0.1, -0.05) is 6.92 Å². The Morgan fingerprint density at radius 1 is 1.29 bits per heavy atom. The molecule has 0 rings (SSSR count). The summed E-state index contributed by atoms with van der Waals surface area (Å²) >= 11 is 0. The smallest absolute Gasteiger partial charge is 0.248 e. The van der Waals surface area contributed by atoms with Gasteiger partial charge in [-0.25, -0.2) is 0 Å². The molecule has 0 saturated carbocycles. The third kappa shape index (κ3) is 5.97. The summed E-state index contributed by atoms with van der Waals surface area (Å²) in [5, 5.41) is 0. The minimum atomic E-state index is -0.235. The Morgan fingerprint density at radius 2 is 1.86 bits per heavy atom. The fourth-order valence-electron chi connectivity index (χ4n) is 1.10. The molecule has 0 bridgehead atoms. The fourth-order valence-corrected chi connectivity index (χ4v) is 1.10. The highest BCUT2D eigenvalue weighted by Crippen LogP contribution is 2.06. The molecule has 84 valence electrons. The average Bonchev–Trinajstić information content (AvgIpc) is 2.09. The Balaban J connectivity index is 3.93. The van der Waals surface area contributed by atoms with Crippen molar-refractivity contribution < 1.29 is 9.53 Å². The molecule has 0 spiro atoms. The predicted octanol–water partition coefficient (Wildman–Crippen LogP) is 2.06. The van der Waals surface area contributed by atoms with Crippen LogP contribution in [0.3, 0.4) is 0 Å². The first-order chi connectivity index (χ1) is 6.40. The van der Waals surface area contributed by atoms with Crippen LogP contribution in [-0.4, -0.2) is 36.1 Å². The first-order valence-corrected chi connectivity index (χ1v) is 5.32. The molecule has 0 saturated heterocycles. The molecule has 0 aliphatic rings. The number of hydrogen-bond donors (Lipinski definition) is 0. The second kappa shape index (κ2) is 6.02. The van der Waals surface area contributed by atoms with Gasteiger partial charge in [0.15, 0.2) is 0 Å². The van der Waals surface area contributed by atoms with Crippen molar-refractivity contribution in [2.24, 2.45) is 0 Å². The van der Waals surface area contributed by atoms with Gasteiger partial charge in [0, 0.05) is 13.1 Å². The zero-order chi connectivity index (χ0) is 11.2. The van der Waals surface area contributed by atoms with E-state index >= 15 is 0 Å². The molecule has 0 aromatic heterocycles. The molecule has 0 aromatic rings. The zero-order valence-corrected chi connectivity index (χ0v) is 10.1. The minimum Gasteiger partial charge on any atom is -0.366 e. The Hall–Kier alpha value is -0.570. The molecule has 0 aliphatic heterocycles. The largest absolute Gasteiger partial charge is 0.366 e. The van der Waals surface area contributed by atoms with E-state index < -0.39 is 0 Å².